The molecule has 2 rings (SSSR count). The molecule has 0 spiro atoms. The number of methoxy groups -OCH3 is 1. The zero-order valence-corrected chi connectivity index (χ0v) is 9.12. The van der Waals surface area contributed by atoms with E-state index in [1.54, 1.807) is 18.5 Å². The standard InChI is InChI=1S/C11H10N4O2/c1-17-11(16)9-10(12)14-6-8(15-9)7-3-2-4-13-5-7/h2-6H,1H3,(H2,12,14). The van der Waals surface area contributed by atoms with Crippen LogP contribution in [0.15, 0.2) is 30.7 Å². The Morgan fingerprint density at radius 1 is 1.41 bits per heavy atom. The lowest BCUT2D eigenvalue weighted by Gasteiger charge is -2.04. The fourth-order valence-corrected chi connectivity index (χ4v) is 1.30. The molecule has 6 heteroatoms. The quantitative estimate of drug-likeness (QED) is 0.771. The third-order valence-corrected chi connectivity index (χ3v) is 2.14. The lowest BCUT2D eigenvalue weighted by molar-refractivity contribution is 0.0595. The maximum absolute atomic E-state index is 11.4. The van der Waals surface area contributed by atoms with E-state index in [-0.39, 0.29) is 11.5 Å². The molecule has 2 N–H and O–H groups in total. The molecule has 0 atom stereocenters. The highest BCUT2D eigenvalue weighted by Crippen LogP contribution is 2.17. The molecule has 2 heterocycles. The number of hydrogen-bond donors (Lipinski definition) is 1. The van der Waals surface area contributed by atoms with Crippen LogP contribution in [0, 0.1) is 0 Å². The van der Waals surface area contributed by atoms with Gasteiger partial charge in [0, 0.05) is 18.0 Å². The first-order valence-electron chi connectivity index (χ1n) is 4.83. The maximum Gasteiger partial charge on any atom is 0.360 e. The topological polar surface area (TPSA) is 91.0 Å². The number of nitrogens with two attached hydrogens (primary N) is 1. The van der Waals surface area contributed by atoms with Crippen LogP contribution >= 0.6 is 0 Å². The second-order valence-electron chi connectivity index (χ2n) is 3.22. The van der Waals surface area contributed by atoms with Gasteiger partial charge in [0.1, 0.15) is 0 Å². The first kappa shape index (κ1) is 11.0. The van der Waals surface area contributed by atoms with Crippen molar-refractivity contribution in [3.05, 3.63) is 36.4 Å². The number of anilines is 1. The van der Waals surface area contributed by atoms with Gasteiger partial charge < -0.3 is 10.5 Å². The van der Waals surface area contributed by atoms with Gasteiger partial charge in [-0.1, -0.05) is 0 Å². The van der Waals surface area contributed by atoms with Gasteiger partial charge in [0.05, 0.1) is 19.0 Å². The summed E-state index contributed by atoms with van der Waals surface area (Å²) in [5, 5.41) is 0. The summed E-state index contributed by atoms with van der Waals surface area (Å²) >= 11 is 0. The van der Waals surface area contributed by atoms with Gasteiger partial charge in [0.2, 0.25) is 0 Å². The molecule has 0 aliphatic heterocycles. The van der Waals surface area contributed by atoms with Gasteiger partial charge in [-0.25, -0.2) is 14.8 Å². The van der Waals surface area contributed by atoms with Crippen molar-refractivity contribution in [1.29, 1.82) is 0 Å². The zero-order valence-electron chi connectivity index (χ0n) is 9.12. The second kappa shape index (κ2) is 4.56. The van der Waals surface area contributed by atoms with Crippen LogP contribution in [-0.2, 0) is 4.74 Å². The van der Waals surface area contributed by atoms with Crippen molar-refractivity contribution in [3.63, 3.8) is 0 Å². The summed E-state index contributed by atoms with van der Waals surface area (Å²) in [7, 11) is 1.26. The number of nitrogen functional groups attached to an aromatic ring is 1. The number of ether oxygens (including phenoxy) is 1. The lowest BCUT2D eigenvalue weighted by Crippen LogP contribution is -2.10. The number of carbonyl (C=O) groups is 1. The number of aromatic nitrogens is 3. The fourth-order valence-electron chi connectivity index (χ4n) is 1.30. The molecule has 2 aromatic rings. The number of hydrogen-bond acceptors (Lipinski definition) is 6. The summed E-state index contributed by atoms with van der Waals surface area (Å²) in [5.41, 5.74) is 6.84. The minimum atomic E-state index is -0.610. The average Bonchev–Trinajstić information content (AvgIpc) is 2.39. The van der Waals surface area contributed by atoms with Crippen molar-refractivity contribution in [2.24, 2.45) is 0 Å². The first-order chi connectivity index (χ1) is 8.22. The summed E-state index contributed by atoms with van der Waals surface area (Å²) in [4.78, 5) is 23.4. The van der Waals surface area contributed by atoms with Crippen LogP contribution in [0.4, 0.5) is 5.82 Å². The molecule has 0 aliphatic carbocycles. The molecule has 2 aromatic heterocycles. The highest BCUT2D eigenvalue weighted by Gasteiger charge is 2.14. The van der Waals surface area contributed by atoms with E-state index in [4.69, 9.17) is 5.73 Å². The Hall–Kier alpha value is -2.50. The molecule has 0 radical (unpaired) electrons. The molecule has 0 fully saturated rings. The smallest absolute Gasteiger partial charge is 0.360 e. The van der Waals surface area contributed by atoms with E-state index in [0.29, 0.717) is 5.69 Å². The Kier molecular flexibility index (Phi) is 2.95. The van der Waals surface area contributed by atoms with Gasteiger partial charge in [0.25, 0.3) is 0 Å². The van der Waals surface area contributed by atoms with Crippen LogP contribution in [0.1, 0.15) is 10.5 Å². The van der Waals surface area contributed by atoms with Gasteiger partial charge in [-0.05, 0) is 12.1 Å². The molecule has 6 nitrogen and oxygen atoms in total. The van der Waals surface area contributed by atoms with Gasteiger partial charge in [0.15, 0.2) is 11.5 Å². The lowest BCUT2D eigenvalue weighted by atomic mass is 10.2. The molecule has 0 aliphatic rings. The Bertz CT molecular complexity index is 542. The van der Waals surface area contributed by atoms with Crippen LogP contribution in [0.3, 0.4) is 0 Å². The van der Waals surface area contributed by atoms with E-state index in [0.717, 1.165) is 5.56 Å². The third-order valence-electron chi connectivity index (χ3n) is 2.14. The van der Waals surface area contributed by atoms with Crippen molar-refractivity contribution >= 4 is 11.8 Å². The SMILES string of the molecule is COC(=O)c1nc(-c2cccnc2)cnc1N. The molecular weight excluding hydrogens is 220 g/mol. The van der Waals surface area contributed by atoms with Crippen molar-refractivity contribution < 1.29 is 9.53 Å². The van der Waals surface area contributed by atoms with Gasteiger partial charge in [-0.15, -0.1) is 0 Å². The van der Waals surface area contributed by atoms with Crippen LogP contribution in [0.25, 0.3) is 11.3 Å². The van der Waals surface area contributed by atoms with Crippen molar-refractivity contribution in [2.45, 2.75) is 0 Å². The highest BCUT2D eigenvalue weighted by molar-refractivity contribution is 5.92. The van der Waals surface area contributed by atoms with E-state index in [1.165, 1.54) is 13.3 Å². The maximum atomic E-state index is 11.4. The molecule has 0 saturated heterocycles. The number of nitrogens with zero attached hydrogens (tertiary/aromatic N) is 3. The van der Waals surface area contributed by atoms with Crippen LogP contribution < -0.4 is 5.73 Å². The summed E-state index contributed by atoms with van der Waals surface area (Å²) in [6, 6.07) is 3.58. The Morgan fingerprint density at radius 3 is 2.88 bits per heavy atom. The van der Waals surface area contributed by atoms with Gasteiger partial charge in [-0.2, -0.15) is 0 Å². The van der Waals surface area contributed by atoms with E-state index >= 15 is 0 Å². The highest BCUT2D eigenvalue weighted by atomic mass is 16.5. The largest absolute Gasteiger partial charge is 0.464 e. The van der Waals surface area contributed by atoms with E-state index in [9.17, 15) is 4.79 Å². The fraction of sp³-hybridized carbons (Fsp3) is 0.0909. The molecular formula is C11H10N4O2. The predicted octanol–water partition coefficient (Wildman–Crippen LogP) is 0.907. The van der Waals surface area contributed by atoms with Crippen molar-refractivity contribution in [1.82, 2.24) is 15.0 Å². The Morgan fingerprint density at radius 2 is 2.24 bits per heavy atom. The molecule has 0 bridgehead atoms. The summed E-state index contributed by atoms with van der Waals surface area (Å²) in [5.74, 6) is -0.565. The average molecular weight is 230 g/mol. The molecule has 0 saturated carbocycles. The monoisotopic (exact) mass is 230 g/mol. The molecule has 86 valence electrons. The minimum absolute atomic E-state index is 0.00820. The minimum Gasteiger partial charge on any atom is -0.464 e. The van der Waals surface area contributed by atoms with E-state index in [2.05, 4.69) is 19.7 Å². The van der Waals surface area contributed by atoms with Crippen molar-refractivity contribution in [3.8, 4) is 11.3 Å². The van der Waals surface area contributed by atoms with Gasteiger partial charge >= 0.3 is 5.97 Å². The third kappa shape index (κ3) is 2.20. The first-order valence-corrected chi connectivity index (χ1v) is 4.83. The predicted molar refractivity (Wildman–Crippen MR) is 61.0 cm³/mol. The van der Waals surface area contributed by atoms with Crippen molar-refractivity contribution in [2.75, 3.05) is 12.8 Å². The van der Waals surface area contributed by atoms with E-state index in [1.807, 2.05) is 6.07 Å². The van der Waals surface area contributed by atoms with Gasteiger partial charge in [-0.3, -0.25) is 4.98 Å². The summed E-state index contributed by atoms with van der Waals surface area (Å²) in [6.07, 6.45) is 4.76. The molecule has 0 unspecified atom stereocenters. The molecule has 17 heavy (non-hydrogen) atoms. The Balaban J connectivity index is 2.48. The number of carbonyl (C=O) groups excluding carboxylic acids is 1. The number of esters is 1. The Labute approximate surface area is 97.5 Å². The molecule has 0 aromatic carbocycles. The number of rotatable bonds is 2. The van der Waals surface area contributed by atoms with Crippen LogP contribution in [0.5, 0.6) is 0 Å². The summed E-state index contributed by atoms with van der Waals surface area (Å²) in [6.45, 7) is 0. The molecule has 0 amide bonds. The van der Waals surface area contributed by atoms with Crippen LogP contribution in [-0.4, -0.2) is 28.0 Å². The normalized spacial score (nSPS) is 9.94. The number of pyridine rings is 1. The van der Waals surface area contributed by atoms with Crippen LogP contribution in [0.2, 0.25) is 0 Å². The second-order valence-corrected chi connectivity index (χ2v) is 3.22. The zero-order chi connectivity index (χ0) is 12.3. The van der Waals surface area contributed by atoms with E-state index < -0.39 is 5.97 Å². The summed E-state index contributed by atoms with van der Waals surface area (Å²) < 4.78 is 4.57.